The van der Waals surface area contributed by atoms with Gasteiger partial charge < -0.3 is 4.42 Å². The zero-order chi connectivity index (χ0) is 28.1. The Morgan fingerprint density at radius 1 is 0.561 bits per heavy atom. The molecule has 0 saturated heterocycles. The van der Waals surface area contributed by atoms with Crippen molar-refractivity contribution in [2.75, 3.05) is 0 Å². The summed E-state index contributed by atoms with van der Waals surface area (Å²) in [5.41, 5.74) is 11.6. The summed E-state index contributed by atoms with van der Waals surface area (Å²) in [5.74, 6) is -0.295. The average molecular weight is 535 g/mol. The van der Waals surface area contributed by atoms with Crippen LogP contribution in [0.1, 0.15) is 11.1 Å². The van der Waals surface area contributed by atoms with Crippen molar-refractivity contribution in [1.82, 2.24) is 0 Å². The van der Waals surface area contributed by atoms with Gasteiger partial charge in [-0.3, -0.25) is 0 Å². The maximum atomic E-state index is 15.5. The maximum Gasteiger partial charge on any atom is 0.216 e. The molecule has 0 bridgehead atoms. The Labute approximate surface area is 239 Å². The van der Waals surface area contributed by atoms with Crippen LogP contribution in [0.4, 0.5) is 4.39 Å². The predicted octanol–water partition coefficient (Wildman–Crippen LogP) is 9.83. The van der Waals surface area contributed by atoms with E-state index in [-0.39, 0.29) is 5.82 Å². The molecule has 0 aliphatic rings. The second-order valence-corrected chi connectivity index (χ2v) is 10.7. The van der Waals surface area contributed by atoms with E-state index in [1.807, 2.05) is 54.6 Å². The fourth-order valence-electron chi connectivity index (χ4n) is 5.94. The number of hydrogen-bond donors (Lipinski definition) is 0. The van der Waals surface area contributed by atoms with Gasteiger partial charge in [0.15, 0.2) is 6.20 Å². The molecular formula is C38H29FNO+. The molecule has 0 aliphatic heterocycles. The topological polar surface area (TPSA) is 17.0 Å². The van der Waals surface area contributed by atoms with Gasteiger partial charge in [0.25, 0.3) is 0 Å². The van der Waals surface area contributed by atoms with Crippen molar-refractivity contribution in [2.24, 2.45) is 7.05 Å². The van der Waals surface area contributed by atoms with Crippen LogP contribution in [0.15, 0.2) is 126 Å². The molecule has 0 amide bonds. The first kappa shape index (κ1) is 25.0. The minimum atomic E-state index is -0.295. The van der Waals surface area contributed by atoms with E-state index in [9.17, 15) is 0 Å². The second kappa shape index (κ2) is 9.87. The van der Waals surface area contributed by atoms with Crippen molar-refractivity contribution in [3.8, 4) is 44.6 Å². The number of benzene rings is 5. The highest BCUT2D eigenvalue weighted by molar-refractivity contribution is 6.13. The van der Waals surface area contributed by atoms with Crippen LogP contribution in [-0.4, -0.2) is 0 Å². The van der Waals surface area contributed by atoms with Gasteiger partial charge in [-0.2, -0.15) is 0 Å². The molecule has 7 rings (SSSR count). The molecule has 198 valence electrons. The molecular weight excluding hydrogens is 505 g/mol. The van der Waals surface area contributed by atoms with Crippen LogP contribution in [0.2, 0.25) is 0 Å². The Morgan fingerprint density at radius 3 is 1.80 bits per heavy atom. The monoisotopic (exact) mass is 534 g/mol. The van der Waals surface area contributed by atoms with E-state index in [4.69, 9.17) is 4.42 Å². The molecule has 2 aromatic heterocycles. The molecule has 2 nitrogen and oxygen atoms in total. The van der Waals surface area contributed by atoms with Crippen LogP contribution in [0.25, 0.3) is 66.6 Å². The Balaban J connectivity index is 1.41. The fraction of sp³-hybridized carbons (Fsp3) is 0.0789. The quantitative estimate of drug-likeness (QED) is 0.205. The average Bonchev–Trinajstić information content (AvgIpc) is 3.37. The van der Waals surface area contributed by atoms with Crippen molar-refractivity contribution >= 4 is 21.9 Å². The third-order valence-corrected chi connectivity index (χ3v) is 8.07. The number of aryl methyl sites for hydroxylation is 3. The minimum Gasteiger partial charge on any atom is -0.454 e. The van der Waals surface area contributed by atoms with Crippen molar-refractivity contribution in [2.45, 2.75) is 13.8 Å². The zero-order valence-electron chi connectivity index (χ0n) is 23.3. The number of furan rings is 1. The molecule has 0 N–H and O–H groups in total. The summed E-state index contributed by atoms with van der Waals surface area (Å²) in [6.45, 7) is 4.25. The summed E-state index contributed by atoms with van der Waals surface area (Å²) < 4.78 is 24.3. The maximum absolute atomic E-state index is 15.5. The van der Waals surface area contributed by atoms with Gasteiger partial charge in [-0.15, -0.1) is 0 Å². The van der Waals surface area contributed by atoms with Gasteiger partial charge in [-0.25, -0.2) is 8.96 Å². The molecule has 0 aliphatic carbocycles. The number of hydrogen-bond acceptors (Lipinski definition) is 1. The van der Waals surface area contributed by atoms with Crippen molar-refractivity contribution in [3.05, 3.63) is 138 Å². The highest BCUT2D eigenvalue weighted by Gasteiger charge is 2.24. The number of fused-ring (bicyclic) bond motifs is 3. The number of aromatic nitrogens is 1. The summed E-state index contributed by atoms with van der Waals surface area (Å²) in [6, 6.07) is 38.5. The number of halogens is 1. The van der Waals surface area contributed by atoms with E-state index >= 15 is 4.39 Å². The highest BCUT2D eigenvalue weighted by Crippen LogP contribution is 2.42. The molecule has 2 heterocycles. The van der Waals surface area contributed by atoms with Crippen molar-refractivity contribution in [1.29, 1.82) is 0 Å². The first-order valence-corrected chi connectivity index (χ1v) is 13.9. The molecule has 0 radical (unpaired) electrons. The molecule has 0 fully saturated rings. The summed E-state index contributed by atoms with van der Waals surface area (Å²) in [4.78, 5) is 0. The lowest BCUT2D eigenvalue weighted by molar-refractivity contribution is -0.659. The largest absolute Gasteiger partial charge is 0.454 e. The normalized spacial score (nSPS) is 11.4. The SMILES string of the molecule is Cc1cc(-c2c(C)ccc3c2oc2c(-c4ccc(-c5ccccc5)cc4)c(F)ccc23)[n+](C)cc1-c1ccccc1. The van der Waals surface area contributed by atoms with Crippen LogP contribution >= 0.6 is 0 Å². The summed E-state index contributed by atoms with van der Waals surface area (Å²) in [7, 11) is 2.07. The number of pyridine rings is 1. The molecule has 0 unspecified atom stereocenters. The Hall–Kier alpha value is -5.02. The lowest BCUT2D eigenvalue weighted by Gasteiger charge is -2.10. The summed E-state index contributed by atoms with van der Waals surface area (Å²) in [5, 5.41) is 1.89. The van der Waals surface area contributed by atoms with Gasteiger partial charge in [0.2, 0.25) is 5.69 Å². The summed E-state index contributed by atoms with van der Waals surface area (Å²) >= 11 is 0. The van der Waals surface area contributed by atoms with E-state index < -0.39 is 0 Å². The predicted molar refractivity (Wildman–Crippen MR) is 166 cm³/mol. The minimum absolute atomic E-state index is 0.295. The Bertz CT molecular complexity index is 2060. The molecule has 0 saturated carbocycles. The van der Waals surface area contributed by atoms with Crippen LogP contribution in [0.3, 0.4) is 0 Å². The van der Waals surface area contributed by atoms with Gasteiger partial charge in [-0.05, 0) is 59.4 Å². The fourth-order valence-corrected chi connectivity index (χ4v) is 5.94. The number of rotatable bonds is 4. The van der Waals surface area contributed by atoms with E-state index in [0.717, 1.165) is 49.9 Å². The van der Waals surface area contributed by atoms with Crippen LogP contribution in [-0.2, 0) is 7.05 Å². The molecule has 0 atom stereocenters. The standard InChI is InChI=1S/C38H29FNO/c1-24-14-19-30-31-20-21-33(39)36(29-17-15-27(16-18-29)26-10-6-4-7-11-26)38(31)41-37(30)35(24)34-22-25(2)32(23-40(34)3)28-12-8-5-9-13-28/h4-23H,1-3H3/q+1. The van der Waals surface area contributed by atoms with Gasteiger partial charge in [-0.1, -0.05) is 97.1 Å². The first-order valence-electron chi connectivity index (χ1n) is 13.9. The third-order valence-electron chi connectivity index (χ3n) is 8.07. The smallest absolute Gasteiger partial charge is 0.216 e. The molecule has 7 aromatic rings. The zero-order valence-corrected chi connectivity index (χ0v) is 23.3. The Morgan fingerprint density at radius 2 is 1.12 bits per heavy atom. The van der Waals surface area contributed by atoms with Crippen LogP contribution < -0.4 is 4.57 Å². The Kier molecular flexibility index (Phi) is 6.01. The van der Waals surface area contributed by atoms with E-state index in [2.05, 4.69) is 86.3 Å². The molecule has 5 aromatic carbocycles. The molecule has 0 spiro atoms. The van der Waals surface area contributed by atoms with Gasteiger partial charge in [0.05, 0.1) is 11.1 Å². The van der Waals surface area contributed by atoms with E-state index in [1.165, 1.54) is 16.7 Å². The van der Waals surface area contributed by atoms with Gasteiger partial charge in [0.1, 0.15) is 24.0 Å². The molecule has 41 heavy (non-hydrogen) atoms. The van der Waals surface area contributed by atoms with Crippen LogP contribution in [0, 0.1) is 19.7 Å². The van der Waals surface area contributed by atoms with Gasteiger partial charge >= 0.3 is 0 Å². The van der Waals surface area contributed by atoms with E-state index in [0.29, 0.717) is 11.1 Å². The van der Waals surface area contributed by atoms with Gasteiger partial charge in [0, 0.05) is 22.4 Å². The second-order valence-electron chi connectivity index (χ2n) is 10.7. The first-order chi connectivity index (χ1) is 20.0. The van der Waals surface area contributed by atoms with Crippen molar-refractivity contribution in [3.63, 3.8) is 0 Å². The lowest BCUT2D eigenvalue weighted by Crippen LogP contribution is -2.31. The lowest BCUT2D eigenvalue weighted by atomic mass is 9.96. The highest BCUT2D eigenvalue weighted by atomic mass is 19.1. The van der Waals surface area contributed by atoms with Crippen LogP contribution in [0.5, 0.6) is 0 Å². The third kappa shape index (κ3) is 4.22. The van der Waals surface area contributed by atoms with E-state index in [1.54, 1.807) is 6.07 Å². The van der Waals surface area contributed by atoms with Crippen molar-refractivity contribution < 1.29 is 13.4 Å². The summed E-state index contributed by atoms with van der Waals surface area (Å²) in [6.07, 6.45) is 2.18. The number of nitrogens with zero attached hydrogens (tertiary/aromatic N) is 1. The molecule has 3 heteroatoms.